The summed E-state index contributed by atoms with van der Waals surface area (Å²) in [5.41, 5.74) is 3.19. The maximum atomic E-state index is 12.6. The first-order valence-electron chi connectivity index (χ1n) is 11.1. The van der Waals surface area contributed by atoms with Gasteiger partial charge in [0.1, 0.15) is 13.2 Å². The minimum atomic E-state index is -0.881. The van der Waals surface area contributed by atoms with E-state index in [-0.39, 0.29) is 12.5 Å². The lowest BCUT2D eigenvalue weighted by Gasteiger charge is -2.20. The Morgan fingerprint density at radius 1 is 1.18 bits per heavy atom. The molecule has 176 valence electrons. The van der Waals surface area contributed by atoms with Gasteiger partial charge in [-0.05, 0) is 42.7 Å². The highest BCUT2D eigenvalue weighted by molar-refractivity contribution is 5.95. The first kappa shape index (κ1) is 21.7. The number of carbonyl (C=O) groups is 2. The summed E-state index contributed by atoms with van der Waals surface area (Å²) in [7, 11) is 1.57. The molecule has 1 atom stereocenters. The summed E-state index contributed by atoms with van der Waals surface area (Å²) in [5, 5.41) is 2.86. The fraction of sp³-hybridized carbons (Fsp3) is 0.333. The van der Waals surface area contributed by atoms with E-state index in [4.69, 9.17) is 18.9 Å². The number of carbonyl (C=O) groups excluding carboxylic acids is 2. The van der Waals surface area contributed by atoms with Crippen LogP contribution in [-0.4, -0.2) is 61.5 Å². The predicted octanol–water partition coefficient (Wildman–Crippen LogP) is 2.48. The molecule has 1 saturated heterocycles. The third-order valence-corrected chi connectivity index (χ3v) is 5.71. The van der Waals surface area contributed by atoms with Crippen molar-refractivity contribution in [1.29, 1.82) is 0 Å². The second-order valence-corrected chi connectivity index (χ2v) is 7.90. The lowest BCUT2D eigenvalue weighted by molar-refractivity contribution is -0.127. The van der Waals surface area contributed by atoms with Crippen molar-refractivity contribution in [2.24, 2.45) is 0 Å². The quantitative estimate of drug-likeness (QED) is 0.531. The molecule has 0 saturated carbocycles. The van der Waals surface area contributed by atoms with Crippen LogP contribution in [0, 0.1) is 0 Å². The van der Waals surface area contributed by atoms with Crippen molar-refractivity contribution in [3.05, 3.63) is 48.2 Å². The van der Waals surface area contributed by atoms with Crippen molar-refractivity contribution in [2.75, 3.05) is 38.3 Å². The van der Waals surface area contributed by atoms with Crippen LogP contribution in [-0.2, 0) is 16.0 Å². The Morgan fingerprint density at radius 3 is 2.88 bits per heavy atom. The van der Waals surface area contributed by atoms with Crippen LogP contribution in [0.1, 0.15) is 12.0 Å². The molecule has 1 fully saturated rings. The van der Waals surface area contributed by atoms with Crippen molar-refractivity contribution in [3.63, 3.8) is 0 Å². The number of amides is 2. The number of nitrogens with one attached hydrogen (secondary N) is 1. The van der Waals surface area contributed by atoms with E-state index in [1.54, 1.807) is 37.6 Å². The van der Waals surface area contributed by atoms with Gasteiger partial charge in [0.25, 0.3) is 5.91 Å². The fourth-order valence-corrected chi connectivity index (χ4v) is 3.99. The number of hydrogen-bond acceptors (Lipinski definition) is 8. The van der Waals surface area contributed by atoms with Crippen molar-refractivity contribution in [2.45, 2.75) is 18.9 Å². The smallest absolute Gasteiger partial charge is 0.415 e. The number of anilines is 1. The number of hydrogen-bond donors (Lipinski definition) is 1. The van der Waals surface area contributed by atoms with Gasteiger partial charge in [0.05, 0.1) is 30.4 Å². The average molecular weight is 464 g/mol. The average Bonchev–Trinajstić information content (AvgIpc) is 3.27. The van der Waals surface area contributed by atoms with E-state index in [0.717, 1.165) is 16.6 Å². The van der Waals surface area contributed by atoms with Gasteiger partial charge >= 0.3 is 6.09 Å². The van der Waals surface area contributed by atoms with Crippen molar-refractivity contribution < 1.29 is 28.5 Å². The lowest BCUT2D eigenvalue weighted by Crippen LogP contribution is -2.38. The van der Waals surface area contributed by atoms with Gasteiger partial charge in [0.2, 0.25) is 5.88 Å². The Kier molecular flexibility index (Phi) is 6.03. The molecule has 2 aromatic heterocycles. The zero-order chi connectivity index (χ0) is 23.5. The largest absolute Gasteiger partial charge is 0.486 e. The van der Waals surface area contributed by atoms with Gasteiger partial charge in [-0.15, -0.1) is 0 Å². The number of pyridine rings is 2. The van der Waals surface area contributed by atoms with Crippen molar-refractivity contribution in [3.8, 4) is 17.4 Å². The van der Waals surface area contributed by atoms with E-state index in [1.807, 2.05) is 12.1 Å². The van der Waals surface area contributed by atoms with E-state index < -0.39 is 12.2 Å². The summed E-state index contributed by atoms with van der Waals surface area (Å²) in [6, 6.07) is 10.8. The van der Waals surface area contributed by atoms with Gasteiger partial charge in [-0.2, -0.15) is 0 Å². The van der Waals surface area contributed by atoms with E-state index in [1.165, 1.54) is 4.90 Å². The third-order valence-electron chi connectivity index (χ3n) is 5.71. The molecule has 0 radical (unpaired) electrons. The Morgan fingerprint density at radius 2 is 2.03 bits per heavy atom. The Balaban J connectivity index is 1.15. The summed E-state index contributed by atoms with van der Waals surface area (Å²) in [6.07, 6.45) is 1.69. The lowest BCUT2D eigenvalue weighted by atomic mass is 10.1. The summed E-state index contributed by atoms with van der Waals surface area (Å²) in [4.78, 5) is 35.2. The number of aryl methyl sites for hydroxylation is 1. The highest BCUT2D eigenvalue weighted by atomic mass is 16.6. The molecule has 0 bridgehead atoms. The highest BCUT2D eigenvalue weighted by Crippen LogP contribution is 2.35. The number of rotatable bonds is 7. The summed E-state index contributed by atoms with van der Waals surface area (Å²) in [6.45, 7) is 1.50. The normalized spacial score (nSPS) is 16.9. The van der Waals surface area contributed by atoms with Crippen LogP contribution in [0.5, 0.6) is 17.4 Å². The molecule has 0 aliphatic carbocycles. The number of fused-ring (bicyclic) bond motifs is 2. The van der Waals surface area contributed by atoms with Crippen LogP contribution in [0.3, 0.4) is 0 Å². The molecule has 10 nitrogen and oxygen atoms in total. The van der Waals surface area contributed by atoms with Crippen molar-refractivity contribution >= 4 is 28.7 Å². The summed E-state index contributed by atoms with van der Waals surface area (Å²) in [5.74, 6) is 1.40. The molecule has 1 N–H and O–H groups in total. The van der Waals surface area contributed by atoms with Gasteiger partial charge in [-0.3, -0.25) is 14.7 Å². The monoisotopic (exact) mass is 464 g/mol. The topological polar surface area (TPSA) is 112 Å². The molecule has 34 heavy (non-hydrogen) atoms. The van der Waals surface area contributed by atoms with Gasteiger partial charge in [0, 0.05) is 24.9 Å². The Hall–Kier alpha value is -4.08. The molecule has 2 aliphatic heterocycles. The molecule has 10 heteroatoms. The first-order chi connectivity index (χ1) is 16.6. The standard InChI is InChI=1S/C24H24N4O6/c1-31-21-7-5-17-22(27-21)15(8-10-25-17)3-2-9-26-23(29)20-14-28(24(30)34-20)16-4-6-18-19(13-16)33-12-11-32-18/h4-8,10,13,20H,2-3,9,11-12,14H2,1H3,(H,26,29). The molecule has 5 rings (SSSR count). The minimum absolute atomic E-state index is 0.128. The van der Waals surface area contributed by atoms with Gasteiger partial charge < -0.3 is 24.3 Å². The summed E-state index contributed by atoms with van der Waals surface area (Å²) < 4.78 is 21.6. The van der Waals surface area contributed by atoms with Gasteiger partial charge in [0.15, 0.2) is 17.6 Å². The van der Waals surface area contributed by atoms with Crippen LogP contribution < -0.4 is 24.4 Å². The highest BCUT2D eigenvalue weighted by Gasteiger charge is 2.37. The Bertz CT molecular complexity index is 1230. The zero-order valence-corrected chi connectivity index (χ0v) is 18.7. The second-order valence-electron chi connectivity index (χ2n) is 7.90. The number of methoxy groups -OCH3 is 1. The van der Waals surface area contributed by atoms with E-state index in [0.29, 0.717) is 55.7 Å². The van der Waals surface area contributed by atoms with E-state index in [9.17, 15) is 9.59 Å². The molecule has 4 heterocycles. The van der Waals surface area contributed by atoms with E-state index in [2.05, 4.69) is 15.3 Å². The molecular formula is C24H24N4O6. The molecule has 3 aromatic rings. The van der Waals surface area contributed by atoms with Crippen LogP contribution in [0.15, 0.2) is 42.6 Å². The number of nitrogens with zero attached hydrogens (tertiary/aromatic N) is 3. The molecule has 2 aliphatic rings. The molecule has 0 spiro atoms. The zero-order valence-electron chi connectivity index (χ0n) is 18.7. The maximum absolute atomic E-state index is 12.6. The van der Waals surface area contributed by atoms with Crippen LogP contribution in [0.2, 0.25) is 0 Å². The first-order valence-corrected chi connectivity index (χ1v) is 11.1. The molecule has 1 aromatic carbocycles. The SMILES string of the molecule is COc1ccc2nccc(CCCNC(=O)C3CN(c4ccc5c(c4)OCCO5)C(=O)O3)c2n1. The van der Waals surface area contributed by atoms with Gasteiger partial charge in [-0.1, -0.05) is 0 Å². The predicted molar refractivity (Wildman–Crippen MR) is 122 cm³/mol. The van der Waals surface area contributed by atoms with Gasteiger partial charge in [-0.25, -0.2) is 9.78 Å². The fourth-order valence-electron chi connectivity index (χ4n) is 3.99. The molecule has 2 amide bonds. The second kappa shape index (κ2) is 9.42. The van der Waals surface area contributed by atoms with Crippen LogP contribution >= 0.6 is 0 Å². The number of aromatic nitrogens is 2. The number of ether oxygens (including phenoxy) is 4. The van der Waals surface area contributed by atoms with Crippen LogP contribution in [0.25, 0.3) is 11.0 Å². The van der Waals surface area contributed by atoms with Crippen molar-refractivity contribution in [1.82, 2.24) is 15.3 Å². The van der Waals surface area contributed by atoms with Crippen LogP contribution in [0.4, 0.5) is 10.5 Å². The maximum Gasteiger partial charge on any atom is 0.415 e. The Labute approximate surface area is 195 Å². The number of cyclic esters (lactones) is 1. The molecule has 1 unspecified atom stereocenters. The number of benzene rings is 1. The third kappa shape index (κ3) is 4.39. The minimum Gasteiger partial charge on any atom is -0.486 e. The summed E-state index contributed by atoms with van der Waals surface area (Å²) >= 11 is 0. The van der Waals surface area contributed by atoms with E-state index >= 15 is 0 Å². The molecular weight excluding hydrogens is 440 g/mol.